The first-order valence-electron chi connectivity index (χ1n) is 9.01. The molecule has 5 heteroatoms. The van der Waals surface area contributed by atoms with Crippen LogP contribution in [-0.4, -0.2) is 5.78 Å². The second-order valence-corrected chi connectivity index (χ2v) is 8.40. The Morgan fingerprint density at radius 2 is 1.59 bits per heavy atom. The molecule has 3 aromatic carbocycles. The van der Waals surface area contributed by atoms with E-state index in [0.717, 1.165) is 15.7 Å². The summed E-state index contributed by atoms with van der Waals surface area (Å²) in [4.78, 5) is 15.4. The molecule has 0 aliphatic carbocycles. The molecule has 1 atom stereocenters. The van der Waals surface area contributed by atoms with Gasteiger partial charge in [0.2, 0.25) is 0 Å². The molecule has 0 spiro atoms. The average Bonchev–Trinajstić information content (AvgIpc) is 2.74. The van der Waals surface area contributed by atoms with Gasteiger partial charge in [-0.25, -0.2) is 0 Å². The number of hydrogen-bond acceptors (Lipinski definition) is 2. The molecule has 1 heterocycles. The minimum Gasteiger partial charge on any atom is -0.324 e. The Hall–Kier alpha value is -2.33. The second-order valence-electron chi connectivity index (χ2n) is 6.64. The summed E-state index contributed by atoms with van der Waals surface area (Å²) in [5.74, 6) is -0.295. The fourth-order valence-electron chi connectivity index (χ4n) is 3.30. The van der Waals surface area contributed by atoms with Crippen LogP contribution in [0.2, 0.25) is 10.0 Å². The largest absolute Gasteiger partial charge is 0.324 e. The van der Waals surface area contributed by atoms with Gasteiger partial charge >= 0.3 is 0 Å². The molecule has 4 rings (SSSR count). The quantitative estimate of drug-likeness (QED) is 0.354. The van der Waals surface area contributed by atoms with Crippen molar-refractivity contribution in [1.82, 2.24) is 0 Å². The van der Waals surface area contributed by atoms with Crippen molar-refractivity contribution in [1.29, 1.82) is 0 Å². The average molecular weight is 485 g/mol. The highest BCUT2D eigenvalue weighted by molar-refractivity contribution is 9.10. The fraction of sp³-hybridized carbons (Fsp3) is 0.0417. The number of carbonyl (C=O) groups excluding carboxylic acids is 1. The van der Waals surface area contributed by atoms with E-state index in [4.69, 9.17) is 23.2 Å². The summed E-state index contributed by atoms with van der Waals surface area (Å²) in [5, 5.41) is 1.23. The number of ketones is 1. The van der Waals surface area contributed by atoms with Crippen molar-refractivity contribution in [3.63, 3.8) is 0 Å². The lowest BCUT2D eigenvalue weighted by molar-refractivity contribution is 0.102. The van der Waals surface area contributed by atoms with Crippen molar-refractivity contribution in [3.05, 3.63) is 122 Å². The van der Waals surface area contributed by atoms with Gasteiger partial charge in [-0.2, -0.15) is 0 Å². The van der Waals surface area contributed by atoms with E-state index in [1.165, 1.54) is 0 Å². The van der Waals surface area contributed by atoms with Gasteiger partial charge < -0.3 is 4.90 Å². The van der Waals surface area contributed by atoms with Crippen LogP contribution < -0.4 is 4.90 Å². The third kappa shape index (κ3) is 4.32. The number of hydrogen-bond donors (Lipinski definition) is 0. The zero-order valence-corrected chi connectivity index (χ0v) is 18.3. The lowest BCUT2D eigenvalue weighted by atomic mass is 9.85. The minimum atomic E-state index is -0.237. The topological polar surface area (TPSA) is 20.3 Å². The molecule has 0 amide bonds. The van der Waals surface area contributed by atoms with E-state index in [-0.39, 0.29) is 11.7 Å². The maximum atomic E-state index is 13.4. The highest BCUT2D eigenvalue weighted by atomic mass is 79.9. The molecule has 0 saturated carbocycles. The summed E-state index contributed by atoms with van der Waals surface area (Å²) in [6.45, 7) is 0. The molecule has 3 aromatic rings. The first kappa shape index (κ1) is 20.0. The van der Waals surface area contributed by atoms with E-state index in [2.05, 4.69) is 15.9 Å². The number of Topliss-reactive ketones (excluding diaryl/α,β-unsaturated/α-hetero) is 1. The van der Waals surface area contributed by atoms with Crippen molar-refractivity contribution in [2.45, 2.75) is 5.92 Å². The maximum Gasteiger partial charge on any atom is 0.191 e. The molecule has 0 fully saturated rings. The predicted molar refractivity (Wildman–Crippen MR) is 124 cm³/mol. The van der Waals surface area contributed by atoms with Crippen LogP contribution in [0.3, 0.4) is 0 Å². The SMILES string of the molecule is O=C(C1=CN(c2ccc(Br)cc2)C=CC1c1ccccc1Cl)c1ccc(Cl)cc1. The van der Waals surface area contributed by atoms with Gasteiger partial charge in [-0.15, -0.1) is 0 Å². The van der Waals surface area contributed by atoms with Gasteiger partial charge in [0.25, 0.3) is 0 Å². The van der Waals surface area contributed by atoms with E-state index in [1.54, 1.807) is 24.3 Å². The molecule has 29 heavy (non-hydrogen) atoms. The van der Waals surface area contributed by atoms with E-state index in [1.807, 2.05) is 71.9 Å². The van der Waals surface area contributed by atoms with Crippen LogP contribution in [-0.2, 0) is 0 Å². The molecule has 1 aliphatic heterocycles. The molecule has 1 unspecified atom stereocenters. The molecule has 0 saturated heterocycles. The van der Waals surface area contributed by atoms with Crippen LogP contribution in [0.1, 0.15) is 21.8 Å². The van der Waals surface area contributed by atoms with Gasteiger partial charge in [-0.05, 0) is 60.2 Å². The second kappa shape index (κ2) is 8.58. The lowest BCUT2D eigenvalue weighted by Crippen LogP contribution is -2.21. The monoisotopic (exact) mass is 483 g/mol. The normalized spacial score (nSPS) is 15.9. The Labute approximate surface area is 188 Å². The smallest absolute Gasteiger partial charge is 0.191 e. The number of benzene rings is 3. The molecule has 0 N–H and O–H groups in total. The number of halogens is 3. The molecule has 1 aliphatic rings. The van der Waals surface area contributed by atoms with Gasteiger partial charge in [0.1, 0.15) is 0 Å². The fourth-order valence-corrected chi connectivity index (χ4v) is 3.94. The van der Waals surface area contributed by atoms with E-state index < -0.39 is 0 Å². The van der Waals surface area contributed by atoms with Crippen molar-refractivity contribution in [2.75, 3.05) is 4.90 Å². The summed E-state index contributed by atoms with van der Waals surface area (Å²) in [6.07, 6.45) is 5.86. The van der Waals surface area contributed by atoms with Crippen molar-refractivity contribution in [3.8, 4) is 0 Å². The van der Waals surface area contributed by atoms with Crippen LogP contribution in [0.5, 0.6) is 0 Å². The molecule has 0 radical (unpaired) electrons. The van der Waals surface area contributed by atoms with Gasteiger partial charge in [0, 0.05) is 49.7 Å². The highest BCUT2D eigenvalue weighted by Gasteiger charge is 2.27. The molecular formula is C24H16BrCl2NO. The molecular weight excluding hydrogens is 469 g/mol. The predicted octanol–water partition coefficient (Wildman–Crippen LogP) is 7.64. The Balaban J connectivity index is 1.78. The third-order valence-electron chi connectivity index (χ3n) is 4.79. The Kier molecular flexibility index (Phi) is 5.91. The number of carbonyl (C=O) groups is 1. The number of rotatable bonds is 4. The van der Waals surface area contributed by atoms with Gasteiger partial charge in [-0.3, -0.25) is 4.79 Å². The first-order chi connectivity index (χ1) is 14.0. The van der Waals surface area contributed by atoms with Crippen LogP contribution in [0.15, 0.2) is 101 Å². The van der Waals surface area contributed by atoms with Gasteiger partial charge in [0.15, 0.2) is 5.78 Å². The summed E-state index contributed by atoms with van der Waals surface area (Å²) in [6, 6.07) is 22.5. The highest BCUT2D eigenvalue weighted by Crippen LogP contribution is 2.37. The molecule has 0 bridgehead atoms. The molecule has 2 nitrogen and oxygen atoms in total. The summed E-state index contributed by atoms with van der Waals surface area (Å²) in [5.41, 5.74) is 3.09. The lowest BCUT2D eigenvalue weighted by Gasteiger charge is -2.27. The van der Waals surface area contributed by atoms with Crippen LogP contribution in [0.25, 0.3) is 0 Å². The van der Waals surface area contributed by atoms with E-state index >= 15 is 0 Å². The Morgan fingerprint density at radius 3 is 2.28 bits per heavy atom. The van der Waals surface area contributed by atoms with Crippen LogP contribution >= 0.6 is 39.1 Å². The standard InChI is InChI=1S/C24H16BrCl2NO/c25-17-7-11-19(12-8-17)28-14-13-20(21-3-1-2-4-23(21)27)22(15-28)24(29)16-5-9-18(26)10-6-16/h1-15,20H. The van der Waals surface area contributed by atoms with E-state index in [9.17, 15) is 4.79 Å². The van der Waals surface area contributed by atoms with Crippen molar-refractivity contribution >= 4 is 50.6 Å². The van der Waals surface area contributed by atoms with Crippen LogP contribution in [0, 0.1) is 0 Å². The van der Waals surface area contributed by atoms with Crippen molar-refractivity contribution in [2.24, 2.45) is 0 Å². The van der Waals surface area contributed by atoms with E-state index in [0.29, 0.717) is 21.2 Å². The third-order valence-corrected chi connectivity index (χ3v) is 5.91. The summed E-state index contributed by atoms with van der Waals surface area (Å²) >= 11 is 15.9. The van der Waals surface area contributed by atoms with Crippen molar-refractivity contribution < 1.29 is 4.79 Å². The molecule has 144 valence electrons. The Morgan fingerprint density at radius 1 is 0.897 bits per heavy atom. The number of anilines is 1. The van der Waals surface area contributed by atoms with Gasteiger partial charge in [0.05, 0.1) is 0 Å². The summed E-state index contributed by atoms with van der Waals surface area (Å²) in [7, 11) is 0. The minimum absolute atomic E-state index is 0.0574. The Bertz CT molecular complexity index is 1100. The first-order valence-corrected chi connectivity index (χ1v) is 10.6. The summed E-state index contributed by atoms with van der Waals surface area (Å²) < 4.78 is 0.998. The van der Waals surface area contributed by atoms with Gasteiger partial charge in [-0.1, -0.05) is 63.4 Å². The zero-order chi connectivity index (χ0) is 20.4. The maximum absolute atomic E-state index is 13.4. The zero-order valence-electron chi connectivity index (χ0n) is 15.2. The number of nitrogens with zero attached hydrogens (tertiary/aromatic N) is 1. The van der Waals surface area contributed by atoms with Crippen LogP contribution in [0.4, 0.5) is 5.69 Å². The molecule has 0 aromatic heterocycles. The number of allylic oxidation sites excluding steroid dienone is 2.